The van der Waals surface area contributed by atoms with E-state index in [2.05, 4.69) is 0 Å². The average Bonchev–Trinajstić information content (AvgIpc) is 3.40. The smallest absolute Gasteiger partial charge is 0.266 e. The Kier molecular flexibility index (Phi) is 5.12. The third kappa shape index (κ3) is 3.22. The summed E-state index contributed by atoms with van der Waals surface area (Å²) in [6.07, 6.45) is 1.15. The fourth-order valence-electron chi connectivity index (χ4n) is 4.99. The Morgan fingerprint density at radius 2 is 1.47 bits per heavy atom. The number of hydroxylamine groups is 1. The molecule has 0 bridgehead atoms. The Balaban J connectivity index is 1.45. The van der Waals surface area contributed by atoms with Crippen molar-refractivity contribution >= 4 is 45.7 Å². The first-order valence-corrected chi connectivity index (χ1v) is 12.4. The van der Waals surface area contributed by atoms with Crippen LogP contribution in [0, 0.1) is 5.92 Å². The van der Waals surface area contributed by atoms with Gasteiger partial charge in [-0.2, -0.15) is 0 Å². The van der Waals surface area contributed by atoms with Gasteiger partial charge in [0.2, 0.25) is 5.91 Å². The Bertz CT molecular complexity index is 1380. The second-order valence-electron chi connectivity index (χ2n) is 8.44. The van der Waals surface area contributed by atoms with Gasteiger partial charge in [0.1, 0.15) is 5.92 Å². The van der Waals surface area contributed by atoms with Gasteiger partial charge in [-0.1, -0.05) is 66.7 Å². The fourth-order valence-corrected chi connectivity index (χ4v) is 5.40. The van der Waals surface area contributed by atoms with Crippen LogP contribution < -0.4 is 9.96 Å². The van der Waals surface area contributed by atoms with Crippen molar-refractivity contribution in [1.82, 2.24) is 0 Å². The van der Waals surface area contributed by atoms with Crippen LogP contribution in [-0.2, 0) is 14.4 Å². The molecule has 0 aliphatic carbocycles. The monoisotopic (exact) mass is 466 g/mol. The van der Waals surface area contributed by atoms with E-state index in [-0.39, 0.29) is 11.8 Å². The van der Waals surface area contributed by atoms with Crippen LogP contribution in [-0.4, -0.2) is 24.2 Å². The molecule has 6 heteroatoms. The Morgan fingerprint density at radius 3 is 2.24 bits per heavy atom. The summed E-state index contributed by atoms with van der Waals surface area (Å²) >= 11 is 1.66. The molecule has 5 nitrogen and oxygen atoms in total. The van der Waals surface area contributed by atoms with Crippen LogP contribution >= 0.6 is 11.8 Å². The maximum Gasteiger partial charge on any atom is 0.266 e. The molecule has 34 heavy (non-hydrogen) atoms. The summed E-state index contributed by atoms with van der Waals surface area (Å²) in [4.78, 5) is 36.3. The van der Waals surface area contributed by atoms with E-state index in [1.807, 2.05) is 103 Å². The van der Waals surface area contributed by atoms with Crippen molar-refractivity contribution in [2.24, 2.45) is 5.92 Å². The molecule has 0 radical (unpaired) electrons. The molecule has 0 saturated carbocycles. The number of benzene rings is 4. The molecule has 2 aliphatic heterocycles. The van der Waals surface area contributed by atoms with Gasteiger partial charge >= 0.3 is 0 Å². The van der Waals surface area contributed by atoms with Crippen LogP contribution in [0.25, 0.3) is 10.8 Å². The quantitative estimate of drug-likeness (QED) is 0.289. The lowest BCUT2D eigenvalue weighted by Gasteiger charge is -2.29. The highest BCUT2D eigenvalue weighted by atomic mass is 32.2. The van der Waals surface area contributed by atoms with Gasteiger partial charge in [-0.05, 0) is 47.5 Å². The highest BCUT2D eigenvalue weighted by Crippen LogP contribution is 2.48. The summed E-state index contributed by atoms with van der Waals surface area (Å²) < 4.78 is 0. The second-order valence-corrected chi connectivity index (χ2v) is 9.32. The molecule has 4 aromatic carbocycles. The van der Waals surface area contributed by atoms with Crippen LogP contribution in [0.4, 0.5) is 11.4 Å². The van der Waals surface area contributed by atoms with Gasteiger partial charge in [-0.25, -0.2) is 9.96 Å². The number of rotatable bonds is 4. The summed E-state index contributed by atoms with van der Waals surface area (Å²) in [7, 11) is 0. The first-order valence-electron chi connectivity index (χ1n) is 11.2. The van der Waals surface area contributed by atoms with E-state index in [1.54, 1.807) is 16.8 Å². The van der Waals surface area contributed by atoms with Crippen molar-refractivity contribution in [3.05, 3.63) is 103 Å². The number of para-hydroxylation sites is 1. The first-order chi connectivity index (χ1) is 16.7. The number of thioether (sulfide) groups is 1. The minimum Gasteiger partial charge on any atom is -0.273 e. The van der Waals surface area contributed by atoms with E-state index in [0.29, 0.717) is 5.69 Å². The number of carbonyl (C=O) groups excluding carboxylic acids is 2. The molecule has 3 atom stereocenters. The predicted octanol–water partition coefficient (Wildman–Crippen LogP) is 5.61. The molecule has 2 saturated heterocycles. The lowest BCUT2D eigenvalue weighted by Crippen LogP contribution is -2.37. The van der Waals surface area contributed by atoms with E-state index in [1.165, 1.54) is 4.90 Å². The number of imide groups is 1. The van der Waals surface area contributed by atoms with E-state index in [0.717, 1.165) is 26.9 Å². The number of hydrogen-bond donors (Lipinski definition) is 0. The van der Waals surface area contributed by atoms with Gasteiger partial charge in [-0.15, -0.1) is 11.8 Å². The number of carbonyl (C=O) groups is 2. The van der Waals surface area contributed by atoms with Gasteiger partial charge in [0.25, 0.3) is 5.91 Å². The highest BCUT2D eigenvalue weighted by Gasteiger charge is 2.60. The molecule has 2 fully saturated rings. The zero-order valence-corrected chi connectivity index (χ0v) is 19.3. The maximum atomic E-state index is 13.9. The number of amides is 2. The molecular formula is C28H22N2O3S. The van der Waals surface area contributed by atoms with E-state index < -0.39 is 18.1 Å². The third-order valence-electron chi connectivity index (χ3n) is 6.59. The highest BCUT2D eigenvalue weighted by molar-refractivity contribution is 7.98. The molecule has 6 rings (SSSR count). The molecule has 0 aromatic heterocycles. The summed E-state index contributed by atoms with van der Waals surface area (Å²) in [6.45, 7) is 0. The zero-order valence-electron chi connectivity index (χ0n) is 18.5. The van der Waals surface area contributed by atoms with Crippen molar-refractivity contribution in [1.29, 1.82) is 0 Å². The van der Waals surface area contributed by atoms with Gasteiger partial charge in [-0.3, -0.25) is 14.4 Å². The zero-order chi connectivity index (χ0) is 23.2. The van der Waals surface area contributed by atoms with Crippen LogP contribution in [0.2, 0.25) is 0 Å². The first kappa shape index (κ1) is 21.0. The number of anilines is 2. The Hall–Kier alpha value is -3.61. The van der Waals surface area contributed by atoms with Crippen LogP contribution in [0.15, 0.2) is 102 Å². The number of hydrogen-bond acceptors (Lipinski definition) is 5. The standard InChI is InChI=1S/C28H22N2O3S/c1-34-21-16-14-19(15-17-21)25-24-26(33-30(25)20-10-3-2-4-11-20)28(32)29(27(24)31)23-13-7-9-18-8-5-6-12-22(18)23/h2-17,24-26H,1H3/t24-,25-,26+/m1/s1. The fraction of sp³-hybridized carbons (Fsp3) is 0.143. The van der Waals surface area contributed by atoms with E-state index >= 15 is 0 Å². The molecule has 2 aliphatic rings. The Morgan fingerprint density at radius 1 is 0.765 bits per heavy atom. The summed E-state index contributed by atoms with van der Waals surface area (Å²) in [5.41, 5.74) is 2.36. The van der Waals surface area contributed by atoms with Crippen molar-refractivity contribution in [3.63, 3.8) is 0 Å². The van der Waals surface area contributed by atoms with Gasteiger partial charge in [0.15, 0.2) is 6.10 Å². The van der Waals surface area contributed by atoms with Gasteiger partial charge in [0, 0.05) is 10.3 Å². The van der Waals surface area contributed by atoms with E-state index in [9.17, 15) is 9.59 Å². The third-order valence-corrected chi connectivity index (χ3v) is 7.33. The Labute approximate surface area is 201 Å². The molecule has 0 unspecified atom stereocenters. The normalized spacial score (nSPS) is 22.0. The van der Waals surface area contributed by atoms with Crippen molar-refractivity contribution in [3.8, 4) is 0 Å². The lowest BCUT2D eigenvalue weighted by atomic mass is 9.90. The summed E-state index contributed by atoms with van der Waals surface area (Å²) in [5, 5.41) is 3.58. The minimum absolute atomic E-state index is 0.233. The number of nitrogens with zero attached hydrogens (tertiary/aromatic N) is 2. The molecule has 4 aromatic rings. The lowest BCUT2D eigenvalue weighted by molar-refractivity contribution is -0.126. The predicted molar refractivity (Wildman–Crippen MR) is 135 cm³/mol. The second kappa shape index (κ2) is 8.31. The average molecular weight is 467 g/mol. The van der Waals surface area contributed by atoms with E-state index in [4.69, 9.17) is 4.84 Å². The molecule has 2 heterocycles. The molecule has 2 amide bonds. The SMILES string of the molecule is CSc1ccc([C@@H]2[C@H]3C(=O)N(c4cccc5ccccc45)C(=O)[C@H]3ON2c2ccccc2)cc1. The van der Waals surface area contributed by atoms with Gasteiger partial charge < -0.3 is 0 Å². The number of fused-ring (bicyclic) bond motifs is 2. The molecule has 0 N–H and O–H groups in total. The van der Waals surface area contributed by atoms with Crippen molar-refractivity contribution in [2.45, 2.75) is 17.0 Å². The summed E-state index contributed by atoms with van der Waals surface area (Å²) in [6, 6.07) is 30.8. The molecule has 168 valence electrons. The van der Waals surface area contributed by atoms with Crippen LogP contribution in [0.3, 0.4) is 0 Å². The minimum atomic E-state index is -0.878. The molecule has 0 spiro atoms. The molecular weight excluding hydrogens is 444 g/mol. The largest absolute Gasteiger partial charge is 0.273 e. The van der Waals surface area contributed by atoms with Crippen molar-refractivity contribution in [2.75, 3.05) is 16.2 Å². The maximum absolute atomic E-state index is 13.9. The van der Waals surface area contributed by atoms with Crippen LogP contribution in [0.5, 0.6) is 0 Å². The topological polar surface area (TPSA) is 49.9 Å². The van der Waals surface area contributed by atoms with Gasteiger partial charge in [0.05, 0.1) is 17.4 Å². The van der Waals surface area contributed by atoms with Crippen LogP contribution in [0.1, 0.15) is 11.6 Å². The summed E-state index contributed by atoms with van der Waals surface area (Å²) in [5.74, 6) is -1.20. The van der Waals surface area contributed by atoms with Crippen molar-refractivity contribution < 1.29 is 14.4 Å².